The van der Waals surface area contributed by atoms with Gasteiger partial charge in [-0.25, -0.2) is 0 Å². The summed E-state index contributed by atoms with van der Waals surface area (Å²) in [6, 6.07) is 15.1. The fraction of sp³-hybridized carbons (Fsp3) is 0.381. The predicted molar refractivity (Wildman–Crippen MR) is 99.7 cm³/mol. The van der Waals surface area contributed by atoms with E-state index in [1.807, 2.05) is 53.4 Å². The highest BCUT2D eigenvalue weighted by atomic mass is 16.5. The Morgan fingerprint density at radius 1 is 1.08 bits per heavy atom. The molecule has 0 aliphatic carbocycles. The van der Waals surface area contributed by atoms with Gasteiger partial charge >= 0.3 is 0 Å². The van der Waals surface area contributed by atoms with E-state index in [9.17, 15) is 4.79 Å². The van der Waals surface area contributed by atoms with Crippen molar-refractivity contribution in [2.24, 2.45) is 0 Å². The van der Waals surface area contributed by atoms with Crippen molar-refractivity contribution in [3.05, 3.63) is 59.7 Å². The third-order valence-electron chi connectivity index (χ3n) is 4.58. The zero-order valence-corrected chi connectivity index (χ0v) is 15.3. The Bertz CT molecular complexity index is 710. The van der Waals surface area contributed by atoms with Crippen LogP contribution in [0.25, 0.3) is 0 Å². The van der Waals surface area contributed by atoms with Crippen LogP contribution in [-0.4, -0.2) is 44.2 Å². The van der Waals surface area contributed by atoms with Gasteiger partial charge in [0.05, 0.1) is 26.9 Å². The molecule has 1 heterocycles. The Kier molecular flexibility index (Phi) is 6.12. The van der Waals surface area contributed by atoms with E-state index in [0.717, 1.165) is 42.0 Å². The summed E-state index contributed by atoms with van der Waals surface area (Å²) in [6.07, 6.45) is 1.94. The van der Waals surface area contributed by atoms with E-state index >= 15 is 0 Å². The lowest BCUT2D eigenvalue weighted by molar-refractivity contribution is -0.00681. The van der Waals surface area contributed by atoms with E-state index < -0.39 is 0 Å². The maximum Gasteiger partial charge on any atom is 0.253 e. The number of ether oxygens (including phenoxy) is 3. The highest BCUT2D eigenvalue weighted by molar-refractivity contribution is 5.94. The van der Waals surface area contributed by atoms with Crippen LogP contribution in [0.5, 0.6) is 11.5 Å². The van der Waals surface area contributed by atoms with Crippen molar-refractivity contribution < 1.29 is 19.0 Å². The van der Waals surface area contributed by atoms with Gasteiger partial charge in [0.15, 0.2) is 0 Å². The van der Waals surface area contributed by atoms with Crippen LogP contribution in [-0.2, 0) is 11.3 Å². The van der Waals surface area contributed by atoms with Gasteiger partial charge in [-0.05, 0) is 42.7 Å². The van der Waals surface area contributed by atoms with E-state index in [4.69, 9.17) is 14.2 Å². The summed E-state index contributed by atoms with van der Waals surface area (Å²) >= 11 is 0. The molecule has 138 valence electrons. The Balaban J connectivity index is 1.60. The number of hydrogen-bond acceptors (Lipinski definition) is 4. The molecular formula is C21H25NO4. The van der Waals surface area contributed by atoms with E-state index in [1.54, 1.807) is 14.2 Å². The molecule has 3 rings (SSSR count). The van der Waals surface area contributed by atoms with Gasteiger partial charge in [0.1, 0.15) is 11.5 Å². The molecule has 0 N–H and O–H groups in total. The van der Waals surface area contributed by atoms with Crippen LogP contribution in [0.4, 0.5) is 0 Å². The minimum absolute atomic E-state index is 0.0357. The normalized spacial score (nSPS) is 17.0. The molecule has 5 heteroatoms. The number of piperidine rings is 1. The molecule has 1 amide bonds. The summed E-state index contributed by atoms with van der Waals surface area (Å²) in [5, 5.41) is 0. The first-order valence-corrected chi connectivity index (χ1v) is 8.87. The van der Waals surface area contributed by atoms with E-state index in [2.05, 4.69) is 0 Å². The lowest BCUT2D eigenvalue weighted by Gasteiger charge is -2.32. The zero-order chi connectivity index (χ0) is 18.4. The minimum Gasteiger partial charge on any atom is -0.497 e. The molecule has 26 heavy (non-hydrogen) atoms. The van der Waals surface area contributed by atoms with Gasteiger partial charge in [-0.1, -0.05) is 18.2 Å². The Morgan fingerprint density at radius 3 is 2.42 bits per heavy atom. The molecule has 1 unspecified atom stereocenters. The molecule has 1 saturated heterocycles. The molecule has 0 spiro atoms. The molecule has 1 atom stereocenters. The van der Waals surface area contributed by atoms with E-state index in [0.29, 0.717) is 13.2 Å². The average molecular weight is 355 g/mol. The van der Waals surface area contributed by atoms with Crippen molar-refractivity contribution in [1.82, 2.24) is 4.90 Å². The first-order valence-electron chi connectivity index (χ1n) is 8.87. The smallest absolute Gasteiger partial charge is 0.253 e. The summed E-state index contributed by atoms with van der Waals surface area (Å²) in [6.45, 7) is 1.86. The van der Waals surface area contributed by atoms with Gasteiger partial charge in [-0.2, -0.15) is 0 Å². The molecule has 0 saturated carbocycles. The SMILES string of the molecule is COc1cc(COC2CCCN(C(=O)c3ccccc3)C2)cc(OC)c1. The Morgan fingerprint density at radius 2 is 1.77 bits per heavy atom. The maximum atomic E-state index is 12.6. The number of likely N-dealkylation sites (tertiary alicyclic amines) is 1. The van der Waals surface area contributed by atoms with Gasteiger partial charge in [-0.3, -0.25) is 4.79 Å². The predicted octanol–water partition coefficient (Wildman–Crippen LogP) is 3.53. The van der Waals surface area contributed by atoms with Crippen LogP contribution in [0.2, 0.25) is 0 Å². The summed E-state index contributed by atoms with van der Waals surface area (Å²) in [7, 11) is 3.27. The summed E-state index contributed by atoms with van der Waals surface area (Å²) in [5.41, 5.74) is 1.72. The molecule has 5 nitrogen and oxygen atoms in total. The molecule has 0 bridgehead atoms. The number of amides is 1. The van der Waals surface area contributed by atoms with Crippen LogP contribution in [0.3, 0.4) is 0 Å². The van der Waals surface area contributed by atoms with Gasteiger partial charge < -0.3 is 19.1 Å². The van der Waals surface area contributed by atoms with E-state index in [-0.39, 0.29) is 12.0 Å². The molecule has 1 aliphatic heterocycles. The van der Waals surface area contributed by atoms with Gasteiger partial charge in [0, 0.05) is 24.7 Å². The van der Waals surface area contributed by atoms with Gasteiger partial charge in [0.25, 0.3) is 5.91 Å². The summed E-state index contributed by atoms with van der Waals surface area (Å²) in [4.78, 5) is 14.5. The first-order chi connectivity index (χ1) is 12.7. The van der Waals surface area contributed by atoms with Crippen LogP contribution >= 0.6 is 0 Å². The molecule has 2 aromatic rings. The number of nitrogens with zero attached hydrogens (tertiary/aromatic N) is 1. The van der Waals surface area contributed by atoms with Crippen molar-refractivity contribution in [3.63, 3.8) is 0 Å². The zero-order valence-electron chi connectivity index (χ0n) is 15.3. The van der Waals surface area contributed by atoms with Gasteiger partial charge in [0.2, 0.25) is 0 Å². The van der Waals surface area contributed by atoms with Crippen molar-refractivity contribution in [3.8, 4) is 11.5 Å². The minimum atomic E-state index is 0.0357. The topological polar surface area (TPSA) is 48.0 Å². The number of methoxy groups -OCH3 is 2. The van der Waals surface area contributed by atoms with Crippen LogP contribution < -0.4 is 9.47 Å². The second kappa shape index (κ2) is 8.72. The molecular weight excluding hydrogens is 330 g/mol. The van der Waals surface area contributed by atoms with E-state index in [1.165, 1.54) is 0 Å². The second-order valence-corrected chi connectivity index (χ2v) is 6.41. The fourth-order valence-electron chi connectivity index (χ4n) is 3.19. The number of rotatable bonds is 6. The Labute approximate surface area is 154 Å². The number of benzene rings is 2. The highest BCUT2D eigenvalue weighted by Gasteiger charge is 2.25. The number of carbonyl (C=O) groups excluding carboxylic acids is 1. The maximum absolute atomic E-state index is 12.6. The van der Waals surface area contributed by atoms with Crippen molar-refractivity contribution >= 4 is 5.91 Å². The summed E-state index contributed by atoms with van der Waals surface area (Å²) in [5.74, 6) is 1.56. The standard InChI is InChI=1S/C21H25NO4/c1-24-19-11-16(12-20(13-19)25-2)15-26-18-9-6-10-22(14-18)21(23)17-7-4-3-5-8-17/h3-5,7-8,11-13,18H,6,9-10,14-15H2,1-2H3. The van der Waals surface area contributed by atoms with Crippen LogP contribution in [0.15, 0.2) is 48.5 Å². The van der Waals surface area contributed by atoms with Gasteiger partial charge in [-0.15, -0.1) is 0 Å². The highest BCUT2D eigenvalue weighted by Crippen LogP contribution is 2.24. The molecule has 0 radical (unpaired) electrons. The number of carbonyl (C=O) groups is 1. The second-order valence-electron chi connectivity index (χ2n) is 6.41. The van der Waals surface area contributed by atoms with Crippen LogP contribution in [0, 0.1) is 0 Å². The van der Waals surface area contributed by atoms with Crippen LogP contribution in [0.1, 0.15) is 28.8 Å². The third kappa shape index (κ3) is 4.55. The van der Waals surface area contributed by atoms with Crippen molar-refractivity contribution in [2.75, 3.05) is 27.3 Å². The largest absolute Gasteiger partial charge is 0.497 e. The average Bonchev–Trinajstić information content (AvgIpc) is 2.72. The molecule has 0 aromatic heterocycles. The Hall–Kier alpha value is -2.53. The van der Waals surface area contributed by atoms with Crippen molar-refractivity contribution in [1.29, 1.82) is 0 Å². The molecule has 1 aliphatic rings. The fourth-order valence-corrected chi connectivity index (χ4v) is 3.19. The monoisotopic (exact) mass is 355 g/mol. The quantitative estimate of drug-likeness (QED) is 0.795. The molecule has 1 fully saturated rings. The third-order valence-corrected chi connectivity index (χ3v) is 4.58. The number of hydrogen-bond donors (Lipinski definition) is 0. The first kappa shape index (κ1) is 18.3. The summed E-state index contributed by atoms with van der Waals surface area (Å²) < 4.78 is 16.7. The lowest BCUT2D eigenvalue weighted by atomic mass is 10.1. The lowest BCUT2D eigenvalue weighted by Crippen LogP contribution is -2.43. The molecule has 2 aromatic carbocycles. The van der Waals surface area contributed by atoms with Crippen molar-refractivity contribution in [2.45, 2.75) is 25.6 Å².